The number of imide groups is 1. The molecule has 22 heavy (non-hydrogen) atoms. The predicted molar refractivity (Wildman–Crippen MR) is 83.0 cm³/mol. The summed E-state index contributed by atoms with van der Waals surface area (Å²) in [6, 6.07) is 7.84. The standard InChI is InChI=1S/C18H18N2O2/c1-11-2-4-12(5-3-11)10-19-20-17(21)15-13-6-7-14(9-8-13)16(15)18(20)22/h2-7,10,13-16H,8-9H2,1H3/b19-10-/t13-,14-,15-,16-/m1/s1. The summed E-state index contributed by atoms with van der Waals surface area (Å²) in [6.45, 7) is 2.02. The van der Waals surface area contributed by atoms with Gasteiger partial charge in [0.05, 0.1) is 18.1 Å². The van der Waals surface area contributed by atoms with Crippen molar-refractivity contribution in [1.82, 2.24) is 5.01 Å². The van der Waals surface area contributed by atoms with Crippen LogP contribution in [-0.4, -0.2) is 23.0 Å². The summed E-state index contributed by atoms with van der Waals surface area (Å²) in [6.07, 6.45) is 7.86. The topological polar surface area (TPSA) is 49.7 Å². The molecule has 3 aliphatic carbocycles. The molecule has 0 aromatic heterocycles. The van der Waals surface area contributed by atoms with E-state index in [9.17, 15) is 9.59 Å². The van der Waals surface area contributed by atoms with Crippen molar-refractivity contribution >= 4 is 18.0 Å². The second-order valence-electron chi connectivity index (χ2n) is 6.49. The minimum atomic E-state index is -0.189. The number of fused-ring (bicyclic) bond motifs is 1. The lowest BCUT2D eigenvalue weighted by Crippen LogP contribution is -2.38. The van der Waals surface area contributed by atoms with Crippen LogP contribution in [0.15, 0.2) is 41.5 Å². The zero-order valence-electron chi connectivity index (χ0n) is 12.5. The van der Waals surface area contributed by atoms with Crippen molar-refractivity contribution in [2.24, 2.45) is 28.8 Å². The van der Waals surface area contributed by atoms with Crippen LogP contribution in [-0.2, 0) is 9.59 Å². The van der Waals surface area contributed by atoms with E-state index in [2.05, 4.69) is 17.3 Å². The number of hydrogen-bond acceptors (Lipinski definition) is 3. The number of benzene rings is 1. The highest BCUT2D eigenvalue weighted by atomic mass is 16.2. The highest BCUT2D eigenvalue weighted by molar-refractivity contribution is 6.06. The molecule has 4 atom stereocenters. The van der Waals surface area contributed by atoms with E-state index in [1.807, 2.05) is 31.2 Å². The molecule has 4 nitrogen and oxygen atoms in total. The molecule has 2 bridgehead atoms. The Morgan fingerprint density at radius 1 is 1.00 bits per heavy atom. The number of allylic oxidation sites excluding steroid dienone is 2. The minimum absolute atomic E-state index is 0.127. The van der Waals surface area contributed by atoms with Crippen molar-refractivity contribution < 1.29 is 9.59 Å². The number of hydrogen-bond donors (Lipinski definition) is 0. The quantitative estimate of drug-likeness (QED) is 0.478. The molecule has 1 heterocycles. The fraction of sp³-hybridized carbons (Fsp3) is 0.389. The average molecular weight is 294 g/mol. The van der Waals surface area contributed by atoms with Gasteiger partial charge in [-0.25, -0.2) is 0 Å². The molecule has 0 unspecified atom stereocenters. The monoisotopic (exact) mass is 294 g/mol. The van der Waals surface area contributed by atoms with Crippen LogP contribution in [0.4, 0.5) is 0 Å². The number of rotatable bonds is 2. The number of nitrogens with zero attached hydrogens (tertiary/aromatic N) is 2. The van der Waals surface area contributed by atoms with Crippen molar-refractivity contribution in [3.63, 3.8) is 0 Å². The van der Waals surface area contributed by atoms with Gasteiger partial charge in [0.2, 0.25) is 0 Å². The third-order valence-corrected chi connectivity index (χ3v) is 5.14. The average Bonchev–Trinajstić information content (AvgIpc) is 2.82. The molecule has 2 amide bonds. The van der Waals surface area contributed by atoms with Gasteiger partial charge in [-0.1, -0.05) is 42.0 Å². The Kier molecular flexibility index (Phi) is 2.99. The van der Waals surface area contributed by atoms with Gasteiger partial charge in [0.1, 0.15) is 0 Å². The van der Waals surface area contributed by atoms with Gasteiger partial charge in [-0.05, 0) is 37.2 Å². The van der Waals surface area contributed by atoms with Crippen LogP contribution in [0.3, 0.4) is 0 Å². The van der Waals surface area contributed by atoms with Gasteiger partial charge in [0, 0.05) is 0 Å². The zero-order chi connectivity index (χ0) is 15.3. The molecule has 5 rings (SSSR count). The number of aryl methyl sites for hydroxylation is 1. The summed E-state index contributed by atoms with van der Waals surface area (Å²) < 4.78 is 0. The van der Waals surface area contributed by atoms with Crippen LogP contribution in [0, 0.1) is 30.6 Å². The summed E-state index contributed by atoms with van der Waals surface area (Å²) in [5.41, 5.74) is 2.06. The molecule has 2 fully saturated rings. The molecule has 1 saturated heterocycles. The number of hydrazone groups is 1. The molecule has 0 radical (unpaired) electrons. The van der Waals surface area contributed by atoms with Crippen LogP contribution in [0.2, 0.25) is 0 Å². The van der Waals surface area contributed by atoms with Crippen molar-refractivity contribution in [3.8, 4) is 0 Å². The van der Waals surface area contributed by atoms with Gasteiger partial charge in [0.15, 0.2) is 0 Å². The molecule has 1 saturated carbocycles. The summed E-state index contributed by atoms with van der Waals surface area (Å²) in [5.74, 6) is -0.204. The Bertz CT molecular complexity index is 658. The van der Waals surface area contributed by atoms with E-state index >= 15 is 0 Å². The Morgan fingerprint density at radius 3 is 2.05 bits per heavy atom. The largest absolute Gasteiger partial charge is 0.272 e. The number of carbonyl (C=O) groups excluding carboxylic acids is 2. The van der Waals surface area contributed by atoms with Crippen molar-refractivity contribution in [2.45, 2.75) is 19.8 Å². The van der Waals surface area contributed by atoms with Crippen molar-refractivity contribution in [2.75, 3.05) is 0 Å². The van der Waals surface area contributed by atoms with Gasteiger partial charge in [0.25, 0.3) is 11.8 Å². The summed E-state index contributed by atoms with van der Waals surface area (Å²) >= 11 is 0. The molecule has 112 valence electrons. The fourth-order valence-electron chi connectivity index (χ4n) is 3.95. The van der Waals surface area contributed by atoms with Crippen molar-refractivity contribution in [3.05, 3.63) is 47.5 Å². The van der Waals surface area contributed by atoms with Crippen molar-refractivity contribution in [1.29, 1.82) is 0 Å². The first-order valence-electron chi connectivity index (χ1n) is 7.82. The lowest BCUT2D eigenvalue weighted by Gasteiger charge is -2.37. The number of carbonyl (C=O) groups is 2. The van der Waals surface area contributed by atoms with E-state index in [0.29, 0.717) is 0 Å². The van der Waals surface area contributed by atoms with E-state index in [-0.39, 0.29) is 35.5 Å². The fourth-order valence-corrected chi connectivity index (χ4v) is 3.95. The van der Waals surface area contributed by atoms with E-state index in [4.69, 9.17) is 0 Å². The highest BCUT2D eigenvalue weighted by Gasteiger charge is 2.56. The lowest BCUT2D eigenvalue weighted by atomic mass is 9.63. The molecule has 0 spiro atoms. The Labute approximate surface area is 129 Å². The Morgan fingerprint density at radius 2 is 1.55 bits per heavy atom. The third-order valence-electron chi connectivity index (χ3n) is 5.14. The Hall–Kier alpha value is -2.23. The van der Waals surface area contributed by atoms with Crippen LogP contribution in [0.5, 0.6) is 0 Å². The molecule has 1 aromatic rings. The van der Waals surface area contributed by atoms with Gasteiger partial charge in [-0.3, -0.25) is 9.59 Å². The highest BCUT2D eigenvalue weighted by Crippen LogP contribution is 2.49. The van der Waals surface area contributed by atoms with E-state index in [0.717, 1.165) is 23.4 Å². The maximum absolute atomic E-state index is 12.6. The minimum Gasteiger partial charge on any atom is -0.272 e. The zero-order valence-corrected chi connectivity index (χ0v) is 12.5. The maximum Gasteiger partial charge on any atom is 0.254 e. The van der Waals surface area contributed by atoms with E-state index in [1.165, 1.54) is 5.56 Å². The van der Waals surface area contributed by atoms with Gasteiger partial charge in [-0.15, -0.1) is 0 Å². The van der Waals surface area contributed by atoms with Gasteiger partial charge in [-0.2, -0.15) is 10.1 Å². The maximum atomic E-state index is 12.6. The summed E-state index contributed by atoms with van der Waals surface area (Å²) in [4.78, 5) is 25.1. The normalized spacial score (nSPS) is 33.0. The molecular weight excluding hydrogens is 276 g/mol. The Balaban J connectivity index is 1.60. The number of amides is 2. The predicted octanol–water partition coefficient (Wildman–Crippen LogP) is 2.53. The molecule has 4 heteroatoms. The third kappa shape index (κ3) is 1.94. The molecule has 4 aliphatic rings. The summed E-state index contributed by atoms with van der Waals surface area (Å²) in [5, 5.41) is 5.29. The van der Waals surface area contributed by atoms with Gasteiger partial charge >= 0.3 is 0 Å². The van der Waals surface area contributed by atoms with Crippen LogP contribution in [0.25, 0.3) is 0 Å². The molecule has 1 aliphatic heterocycles. The van der Waals surface area contributed by atoms with E-state index in [1.54, 1.807) is 6.21 Å². The molecular formula is C18H18N2O2. The molecule has 0 N–H and O–H groups in total. The van der Waals surface area contributed by atoms with Gasteiger partial charge < -0.3 is 0 Å². The van der Waals surface area contributed by atoms with Crippen LogP contribution >= 0.6 is 0 Å². The summed E-state index contributed by atoms with van der Waals surface area (Å²) in [7, 11) is 0. The smallest absolute Gasteiger partial charge is 0.254 e. The van der Waals surface area contributed by atoms with E-state index < -0.39 is 0 Å². The second-order valence-corrected chi connectivity index (χ2v) is 6.49. The SMILES string of the molecule is Cc1ccc(/C=N\N2C(=O)[C@H]3[C@H](C2=O)[C@@H]2C=C[C@@H]3CC2)cc1. The molecule has 1 aromatic carbocycles. The first-order chi connectivity index (χ1) is 10.6. The van der Waals surface area contributed by atoms with Crippen LogP contribution in [0.1, 0.15) is 24.0 Å². The second kappa shape index (κ2) is 4.90. The lowest BCUT2D eigenvalue weighted by molar-refractivity contribution is -0.140. The van der Waals surface area contributed by atoms with Crippen LogP contribution < -0.4 is 0 Å². The first kappa shape index (κ1) is 13.4. The first-order valence-corrected chi connectivity index (χ1v) is 7.82.